The Morgan fingerprint density at radius 1 is 1.35 bits per heavy atom. The van der Waals surface area contributed by atoms with Crippen molar-refractivity contribution in [1.82, 2.24) is 15.1 Å². The van der Waals surface area contributed by atoms with E-state index in [-0.39, 0.29) is 0 Å². The van der Waals surface area contributed by atoms with Crippen LogP contribution in [0.5, 0.6) is 0 Å². The lowest BCUT2D eigenvalue weighted by Gasteiger charge is -2.22. The lowest BCUT2D eigenvalue weighted by atomic mass is 10.1. The monoisotopic (exact) mass is 339 g/mol. The Balaban J connectivity index is 1.62. The highest BCUT2D eigenvalue weighted by molar-refractivity contribution is 7.94. The van der Waals surface area contributed by atoms with Crippen LogP contribution in [0.25, 0.3) is 0 Å². The van der Waals surface area contributed by atoms with E-state index in [1.807, 2.05) is 24.3 Å². The molecule has 0 spiro atoms. The fourth-order valence-corrected chi connectivity index (χ4v) is 3.54. The fraction of sp³-hybridized carbons (Fsp3) is 0.667. The average molecular weight is 340 g/mol. The van der Waals surface area contributed by atoms with Gasteiger partial charge in [0, 0.05) is 37.7 Å². The van der Waals surface area contributed by atoms with Gasteiger partial charge in [-0.15, -0.1) is 0 Å². The fourth-order valence-electron chi connectivity index (χ4n) is 3.30. The van der Waals surface area contributed by atoms with Gasteiger partial charge in [-0.1, -0.05) is 26.0 Å². The molecule has 23 heavy (non-hydrogen) atoms. The predicted molar refractivity (Wildman–Crippen MR) is 97.1 cm³/mol. The van der Waals surface area contributed by atoms with Crippen molar-refractivity contribution < 1.29 is 3.89 Å². The topological polar surface area (TPSA) is 18.5 Å². The first-order valence-electron chi connectivity index (χ1n) is 8.56. The largest absolute Gasteiger partial charge is 0.303 e. The molecule has 1 aromatic rings. The van der Waals surface area contributed by atoms with Crippen molar-refractivity contribution in [3.63, 3.8) is 0 Å². The van der Waals surface area contributed by atoms with E-state index in [9.17, 15) is 3.89 Å². The van der Waals surface area contributed by atoms with Gasteiger partial charge in [-0.3, -0.25) is 4.90 Å². The Labute approximate surface area is 144 Å². The van der Waals surface area contributed by atoms with Crippen LogP contribution in [0.4, 0.5) is 3.89 Å². The van der Waals surface area contributed by atoms with Gasteiger partial charge in [-0.05, 0) is 49.5 Å². The Morgan fingerprint density at radius 3 is 2.74 bits per heavy atom. The molecule has 1 atom stereocenters. The number of nitrogens with one attached hydrogen (secondary N) is 1. The summed E-state index contributed by atoms with van der Waals surface area (Å²) in [7, 11) is 2.18. The maximum atomic E-state index is 12.4. The second-order valence-corrected chi connectivity index (χ2v) is 7.78. The van der Waals surface area contributed by atoms with Crippen molar-refractivity contribution >= 4 is 12.1 Å². The molecule has 1 aliphatic rings. The SMILES string of the molecule is CC(C)CN1CCC(CN(C)CNCc2ccc(SF)cc2)C1. The van der Waals surface area contributed by atoms with Crippen LogP contribution in [-0.4, -0.2) is 49.7 Å². The molecular formula is C18H30FN3S. The molecule has 1 fully saturated rings. The van der Waals surface area contributed by atoms with E-state index >= 15 is 0 Å². The number of nitrogens with zero attached hydrogens (tertiary/aromatic N) is 2. The smallest absolute Gasteiger partial charge is 0.0812 e. The molecule has 1 saturated heterocycles. The summed E-state index contributed by atoms with van der Waals surface area (Å²) in [5.41, 5.74) is 1.19. The molecule has 5 heteroatoms. The van der Waals surface area contributed by atoms with Crippen LogP contribution in [-0.2, 0) is 6.54 Å². The molecule has 0 saturated carbocycles. The van der Waals surface area contributed by atoms with Crippen molar-refractivity contribution in [3.05, 3.63) is 29.8 Å². The summed E-state index contributed by atoms with van der Waals surface area (Å²) in [5.74, 6) is 1.55. The Hall–Kier alpha value is -0.620. The molecule has 0 bridgehead atoms. The van der Waals surface area contributed by atoms with Gasteiger partial charge < -0.3 is 10.2 Å². The Morgan fingerprint density at radius 2 is 2.09 bits per heavy atom. The standard InChI is InChI=1S/C18H30FN3S/c1-15(2)11-22-9-8-17(13-22)12-21(3)14-20-10-16-4-6-18(23-19)7-5-16/h4-7,15,17,20H,8-14H2,1-3H3. The van der Waals surface area contributed by atoms with E-state index in [0.717, 1.165) is 31.6 Å². The van der Waals surface area contributed by atoms with Gasteiger partial charge in [0.1, 0.15) is 0 Å². The molecule has 0 amide bonds. The first kappa shape index (κ1) is 18.7. The molecule has 0 aromatic heterocycles. The highest BCUT2D eigenvalue weighted by Crippen LogP contribution is 2.19. The third kappa shape index (κ3) is 6.79. The van der Waals surface area contributed by atoms with Crippen molar-refractivity contribution in [3.8, 4) is 0 Å². The van der Waals surface area contributed by atoms with E-state index in [0.29, 0.717) is 17.0 Å². The van der Waals surface area contributed by atoms with Gasteiger partial charge in [-0.2, -0.15) is 3.89 Å². The van der Waals surface area contributed by atoms with Crippen LogP contribution < -0.4 is 5.32 Å². The summed E-state index contributed by atoms with van der Waals surface area (Å²) in [6.45, 7) is 11.2. The molecule has 1 heterocycles. The molecule has 1 aliphatic heterocycles. The first-order valence-corrected chi connectivity index (χ1v) is 9.27. The summed E-state index contributed by atoms with van der Waals surface area (Å²) >= 11 is 0.295. The zero-order chi connectivity index (χ0) is 16.7. The summed E-state index contributed by atoms with van der Waals surface area (Å²) in [5, 5.41) is 3.47. The number of halogens is 1. The summed E-state index contributed by atoms with van der Waals surface area (Å²) < 4.78 is 12.4. The maximum Gasteiger partial charge on any atom is 0.0812 e. The summed E-state index contributed by atoms with van der Waals surface area (Å²) in [6.07, 6.45) is 1.32. The van der Waals surface area contributed by atoms with E-state index in [4.69, 9.17) is 0 Å². The molecule has 0 aliphatic carbocycles. The zero-order valence-electron chi connectivity index (χ0n) is 14.6. The first-order chi connectivity index (χ1) is 11.1. The van der Waals surface area contributed by atoms with Crippen LogP contribution in [0.3, 0.4) is 0 Å². The molecule has 1 aromatic carbocycles. The van der Waals surface area contributed by atoms with Gasteiger partial charge in [0.15, 0.2) is 0 Å². The van der Waals surface area contributed by atoms with Gasteiger partial charge >= 0.3 is 0 Å². The van der Waals surface area contributed by atoms with E-state index in [1.54, 1.807) is 0 Å². The third-order valence-electron chi connectivity index (χ3n) is 4.29. The van der Waals surface area contributed by atoms with Gasteiger partial charge in [-0.25, -0.2) is 0 Å². The summed E-state index contributed by atoms with van der Waals surface area (Å²) in [4.78, 5) is 5.63. The van der Waals surface area contributed by atoms with E-state index in [1.165, 1.54) is 31.6 Å². The Kier molecular flexibility index (Phi) is 7.83. The molecular weight excluding hydrogens is 309 g/mol. The van der Waals surface area contributed by atoms with E-state index in [2.05, 4.69) is 36.0 Å². The van der Waals surface area contributed by atoms with E-state index < -0.39 is 0 Å². The van der Waals surface area contributed by atoms with Crippen molar-refractivity contribution in [2.24, 2.45) is 11.8 Å². The Bertz CT molecular complexity index is 452. The average Bonchev–Trinajstić information content (AvgIpc) is 2.94. The highest BCUT2D eigenvalue weighted by atomic mass is 32.2. The minimum atomic E-state index is 0.295. The van der Waals surface area contributed by atoms with Gasteiger partial charge in [0.2, 0.25) is 0 Å². The molecule has 0 radical (unpaired) electrons. The quantitative estimate of drug-likeness (QED) is 0.692. The second kappa shape index (κ2) is 9.62. The molecule has 1 N–H and O–H groups in total. The highest BCUT2D eigenvalue weighted by Gasteiger charge is 2.23. The van der Waals surface area contributed by atoms with Gasteiger partial charge in [0.25, 0.3) is 0 Å². The minimum Gasteiger partial charge on any atom is -0.303 e. The number of rotatable bonds is 9. The predicted octanol–water partition coefficient (Wildman–Crippen LogP) is 3.62. The van der Waals surface area contributed by atoms with Crippen LogP contribution in [0, 0.1) is 11.8 Å². The van der Waals surface area contributed by atoms with Crippen LogP contribution in [0.2, 0.25) is 0 Å². The minimum absolute atomic E-state index is 0.295. The number of hydrogen-bond acceptors (Lipinski definition) is 4. The third-order valence-corrected chi connectivity index (χ3v) is 4.74. The number of benzene rings is 1. The van der Waals surface area contributed by atoms with Crippen molar-refractivity contribution in [2.45, 2.75) is 31.7 Å². The van der Waals surface area contributed by atoms with Crippen molar-refractivity contribution in [1.29, 1.82) is 0 Å². The lowest BCUT2D eigenvalue weighted by Crippen LogP contribution is -2.35. The van der Waals surface area contributed by atoms with Crippen LogP contribution in [0.1, 0.15) is 25.8 Å². The molecule has 3 nitrogen and oxygen atoms in total. The lowest BCUT2D eigenvalue weighted by molar-refractivity contribution is 0.240. The molecule has 130 valence electrons. The van der Waals surface area contributed by atoms with Crippen LogP contribution >= 0.6 is 12.1 Å². The molecule has 1 unspecified atom stereocenters. The zero-order valence-corrected chi connectivity index (χ0v) is 15.4. The molecule has 2 rings (SSSR count). The number of hydrogen-bond donors (Lipinski definition) is 1. The van der Waals surface area contributed by atoms with Crippen molar-refractivity contribution in [2.75, 3.05) is 39.9 Å². The maximum absolute atomic E-state index is 12.4. The van der Waals surface area contributed by atoms with Gasteiger partial charge in [0.05, 0.1) is 12.1 Å². The second-order valence-electron chi connectivity index (χ2n) is 7.15. The van der Waals surface area contributed by atoms with Crippen LogP contribution in [0.15, 0.2) is 29.2 Å². The summed E-state index contributed by atoms with van der Waals surface area (Å²) in [6, 6.07) is 7.62. The number of likely N-dealkylation sites (tertiary alicyclic amines) is 1. The normalized spacial score (nSPS) is 19.1.